The molecule has 0 aromatic heterocycles. The van der Waals surface area contributed by atoms with Crippen molar-refractivity contribution in [3.05, 3.63) is 36.1 Å². The van der Waals surface area contributed by atoms with Crippen molar-refractivity contribution < 1.29 is 4.39 Å². The lowest BCUT2D eigenvalue weighted by atomic mass is 10.0. The molecule has 0 radical (unpaired) electrons. The van der Waals surface area contributed by atoms with Crippen LogP contribution in [0.15, 0.2) is 30.3 Å². The standard InChI is InChI=1S/C6H5F.C4H7Br/c7-6-4-2-1-3-5-6;5-4-2-1-3-4/h1-5H;4H,1-3H2. The fourth-order valence-electron chi connectivity index (χ4n) is 0.773. The fraction of sp³-hybridized carbons (Fsp3) is 0.400. The average Bonchev–Trinajstić information content (AvgIpc) is 2.04. The van der Waals surface area contributed by atoms with E-state index in [9.17, 15) is 4.39 Å². The van der Waals surface area contributed by atoms with Crippen molar-refractivity contribution >= 4 is 15.9 Å². The largest absolute Gasteiger partial charge is 0.207 e. The second-order valence-corrected chi connectivity index (χ2v) is 4.12. The van der Waals surface area contributed by atoms with Crippen LogP contribution in [-0.4, -0.2) is 4.83 Å². The Kier molecular flexibility index (Phi) is 4.30. The van der Waals surface area contributed by atoms with Gasteiger partial charge in [0.25, 0.3) is 0 Å². The molecule has 2 heteroatoms. The molecule has 0 unspecified atom stereocenters. The maximum absolute atomic E-state index is 11.9. The molecular weight excluding hydrogens is 219 g/mol. The summed E-state index contributed by atoms with van der Waals surface area (Å²) in [6, 6.07) is 7.94. The van der Waals surface area contributed by atoms with Crippen molar-refractivity contribution in [3.8, 4) is 0 Å². The maximum atomic E-state index is 11.9. The quantitative estimate of drug-likeness (QED) is 0.596. The van der Waals surface area contributed by atoms with Gasteiger partial charge in [0.05, 0.1) is 0 Å². The van der Waals surface area contributed by atoms with Crippen LogP contribution in [0, 0.1) is 5.82 Å². The van der Waals surface area contributed by atoms with Gasteiger partial charge in [0, 0.05) is 4.83 Å². The first kappa shape index (κ1) is 9.72. The zero-order chi connectivity index (χ0) is 8.81. The van der Waals surface area contributed by atoms with Crippen LogP contribution in [0.1, 0.15) is 19.3 Å². The molecule has 0 N–H and O–H groups in total. The van der Waals surface area contributed by atoms with Crippen LogP contribution in [0.3, 0.4) is 0 Å². The zero-order valence-corrected chi connectivity index (χ0v) is 8.43. The lowest BCUT2D eigenvalue weighted by molar-refractivity contribution is 0.530. The number of alkyl halides is 1. The molecule has 0 heterocycles. The summed E-state index contributed by atoms with van der Waals surface area (Å²) < 4.78 is 11.9. The van der Waals surface area contributed by atoms with E-state index in [0.29, 0.717) is 0 Å². The number of hydrogen-bond donors (Lipinski definition) is 0. The Labute approximate surface area is 80.9 Å². The minimum absolute atomic E-state index is 0.178. The lowest BCUT2D eigenvalue weighted by Gasteiger charge is -2.16. The van der Waals surface area contributed by atoms with Crippen molar-refractivity contribution in [2.75, 3.05) is 0 Å². The van der Waals surface area contributed by atoms with Gasteiger partial charge in [-0.2, -0.15) is 0 Å². The van der Waals surface area contributed by atoms with Crippen LogP contribution >= 0.6 is 15.9 Å². The lowest BCUT2D eigenvalue weighted by Crippen LogP contribution is -2.07. The molecule has 12 heavy (non-hydrogen) atoms. The molecule has 1 aliphatic rings. The van der Waals surface area contributed by atoms with Crippen LogP contribution in [0.4, 0.5) is 4.39 Å². The van der Waals surface area contributed by atoms with Gasteiger partial charge < -0.3 is 0 Å². The highest BCUT2D eigenvalue weighted by atomic mass is 79.9. The topological polar surface area (TPSA) is 0 Å². The second-order valence-electron chi connectivity index (χ2n) is 2.82. The molecule has 1 aromatic rings. The third-order valence-electron chi connectivity index (χ3n) is 1.77. The molecule has 1 fully saturated rings. The molecule has 66 valence electrons. The van der Waals surface area contributed by atoms with Crippen molar-refractivity contribution in [3.63, 3.8) is 0 Å². The van der Waals surface area contributed by atoms with E-state index in [0.717, 1.165) is 4.83 Å². The van der Waals surface area contributed by atoms with E-state index in [1.165, 1.54) is 31.4 Å². The van der Waals surface area contributed by atoms with Gasteiger partial charge in [-0.1, -0.05) is 40.5 Å². The average molecular weight is 231 g/mol. The van der Waals surface area contributed by atoms with Gasteiger partial charge >= 0.3 is 0 Å². The summed E-state index contributed by atoms with van der Waals surface area (Å²) in [5.41, 5.74) is 0. The molecular formula is C10H12BrF. The highest BCUT2D eigenvalue weighted by Crippen LogP contribution is 2.25. The highest BCUT2D eigenvalue weighted by Gasteiger charge is 2.11. The normalized spacial score (nSPS) is 15.8. The van der Waals surface area contributed by atoms with Crippen LogP contribution in [0.2, 0.25) is 0 Å². The van der Waals surface area contributed by atoms with E-state index in [1.54, 1.807) is 18.2 Å². The third-order valence-corrected chi connectivity index (χ3v) is 2.68. The summed E-state index contributed by atoms with van der Waals surface area (Å²) in [4.78, 5) is 0.877. The third kappa shape index (κ3) is 3.86. The summed E-state index contributed by atoms with van der Waals surface area (Å²) in [6.45, 7) is 0. The molecule has 0 aliphatic heterocycles. The summed E-state index contributed by atoms with van der Waals surface area (Å²) >= 11 is 3.46. The van der Waals surface area contributed by atoms with Crippen LogP contribution in [0.25, 0.3) is 0 Å². The van der Waals surface area contributed by atoms with Crippen LogP contribution in [-0.2, 0) is 0 Å². The summed E-state index contributed by atoms with van der Waals surface area (Å²) in [5, 5.41) is 0. The molecule has 2 rings (SSSR count). The predicted octanol–water partition coefficient (Wildman–Crippen LogP) is 3.76. The zero-order valence-electron chi connectivity index (χ0n) is 6.84. The van der Waals surface area contributed by atoms with Crippen molar-refractivity contribution in [2.45, 2.75) is 24.1 Å². The van der Waals surface area contributed by atoms with Gasteiger partial charge in [0.2, 0.25) is 0 Å². The van der Waals surface area contributed by atoms with Crippen molar-refractivity contribution in [1.29, 1.82) is 0 Å². The molecule has 0 bridgehead atoms. The molecule has 0 atom stereocenters. The Morgan fingerprint density at radius 2 is 1.67 bits per heavy atom. The molecule has 0 spiro atoms. The highest BCUT2D eigenvalue weighted by molar-refractivity contribution is 9.09. The smallest absolute Gasteiger partial charge is 0.123 e. The summed E-state index contributed by atoms with van der Waals surface area (Å²) in [6.07, 6.45) is 4.25. The van der Waals surface area contributed by atoms with E-state index in [-0.39, 0.29) is 5.82 Å². The Bertz CT molecular complexity index is 206. The van der Waals surface area contributed by atoms with Gasteiger partial charge in [0.15, 0.2) is 0 Å². The van der Waals surface area contributed by atoms with Gasteiger partial charge in [-0.3, -0.25) is 0 Å². The Balaban J connectivity index is 0.000000127. The fourth-order valence-corrected chi connectivity index (χ4v) is 1.42. The second kappa shape index (κ2) is 5.31. The summed E-state index contributed by atoms with van der Waals surface area (Å²) in [5.74, 6) is -0.178. The first-order valence-corrected chi connectivity index (χ1v) is 5.05. The first-order valence-electron chi connectivity index (χ1n) is 4.13. The van der Waals surface area contributed by atoms with Gasteiger partial charge in [-0.25, -0.2) is 4.39 Å². The molecule has 0 nitrogen and oxygen atoms in total. The van der Waals surface area contributed by atoms with E-state index in [4.69, 9.17) is 0 Å². The van der Waals surface area contributed by atoms with Crippen molar-refractivity contribution in [1.82, 2.24) is 0 Å². The number of halogens is 2. The van der Waals surface area contributed by atoms with E-state index in [2.05, 4.69) is 15.9 Å². The molecule has 0 saturated heterocycles. The van der Waals surface area contributed by atoms with Crippen molar-refractivity contribution in [2.24, 2.45) is 0 Å². The van der Waals surface area contributed by atoms with Gasteiger partial charge in [0.1, 0.15) is 5.82 Å². The first-order chi connectivity index (χ1) is 5.79. The van der Waals surface area contributed by atoms with E-state index >= 15 is 0 Å². The minimum atomic E-state index is -0.178. The predicted molar refractivity (Wildman–Crippen MR) is 53.0 cm³/mol. The molecule has 0 amide bonds. The molecule has 1 saturated carbocycles. The SMILES string of the molecule is BrC1CCC1.Fc1ccccc1. The number of benzene rings is 1. The Morgan fingerprint density at radius 3 is 1.83 bits per heavy atom. The molecule has 1 aliphatic carbocycles. The van der Waals surface area contributed by atoms with E-state index < -0.39 is 0 Å². The van der Waals surface area contributed by atoms with Crippen LogP contribution in [0.5, 0.6) is 0 Å². The number of hydrogen-bond acceptors (Lipinski definition) is 0. The minimum Gasteiger partial charge on any atom is -0.207 e. The molecule has 1 aromatic carbocycles. The number of rotatable bonds is 0. The maximum Gasteiger partial charge on any atom is 0.123 e. The Hall–Kier alpha value is -0.370. The van der Waals surface area contributed by atoms with Gasteiger partial charge in [-0.05, 0) is 25.0 Å². The van der Waals surface area contributed by atoms with E-state index in [1.807, 2.05) is 0 Å². The van der Waals surface area contributed by atoms with Gasteiger partial charge in [-0.15, -0.1) is 0 Å². The summed E-state index contributed by atoms with van der Waals surface area (Å²) in [7, 11) is 0. The Morgan fingerprint density at radius 1 is 1.17 bits per heavy atom. The monoisotopic (exact) mass is 230 g/mol. The van der Waals surface area contributed by atoms with Crippen LogP contribution < -0.4 is 0 Å².